The highest BCUT2D eigenvalue weighted by molar-refractivity contribution is 6.17. The molecule has 7 aromatic rings. The Morgan fingerprint density at radius 3 is 2.02 bits per heavy atom. The number of fused-ring (bicyclic) bond motifs is 5. The number of hydrogen-bond acceptors (Lipinski definition) is 4. The van der Waals surface area contributed by atoms with E-state index in [9.17, 15) is 0 Å². The van der Waals surface area contributed by atoms with E-state index < -0.39 is 0 Å². The fourth-order valence-electron chi connectivity index (χ4n) is 6.76. The summed E-state index contributed by atoms with van der Waals surface area (Å²) in [4.78, 5) is 5.30. The molecule has 0 aliphatic carbocycles. The van der Waals surface area contributed by atoms with Crippen molar-refractivity contribution in [1.82, 2.24) is 5.32 Å². The topological polar surface area (TPSA) is 45.6 Å². The van der Waals surface area contributed by atoms with E-state index in [-0.39, 0.29) is 12.3 Å². The van der Waals surface area contributed by atoms with Gasteiger partial charge in [-0.05, 0) is 62.7 Å². The van der Waals surface area contributed by atoms with E-state index in [1.54, 1.807) is 0 Å². The summed E-state index contributed by atoms with van der Waals surface area (Å²) in [6.45, 7) is 0. The van der Waals surface area contributed by atoms with Crippen LogP contribution in [0.3, 0.4) is 0 Å². The Balaban J connectivity index is 1.12. The first kappa shape index (κ1) is 27.2. The van der Waals surface area contributed by atoms with Crippen molar-refractivity contribution >= 4 is 38.8 Å². The molecule has 9 rings (SSSR count). The first-order valence-electron chi connectivity index (χ1n) is 16.0. The van der Waals surface area contributed by atoms with Crippen LogP contribution >= 0.6 is 0 Å². The lowest BCUT2D eigenvalue weighted by Gasteiger charge is -2.24. The molecule has 2 aliphatic rings. The first-order chi connectivity index (χ1) is 23.3. The zero-order valence-corrected chi connectivity index (χ0v) is 25.6. The van der Waals surface area contributed by atoms with Gasteiger partial charge in [-0.2, -0.15) is 0 Å². The highest BCUT2D eigenvalue weighted by Crippen LogP contribution is 2.45. The molecule has 0 aromatic heterocycles. The maximum Gasteiger partial charge on any atom is 0.196 e. The molecule has 7 aromatic carbocycles. The Labute approximate surface area is 273 Å². The van der Waals surface area contributed by atoms with Crippen LogP contribution in [0.4, 0.5) is 5.69 Å². The molecule has 4 heteroatoms. The average molecular weight is 606 g/mol. The van der Waals surface area contributed by atoms with Crippen LogP contribution in [0.15, 0.2) is 169 Å². The minimum atomic E-state index is -0.215. The predicted molar refractivity (Wildman–Crippen MR) is 194 cm³/mol. The summed E-state index contributed by atoms with van der Waals surface area (Å²) >= 11 is 0. The van der Waals surface area contributed by atoms with Crippen LogP contribution in [0.5, 0.6) is 5.75 Å². The Morgan fingerprint density at radius 1 is 0.532 bits per heavy atom. The third-order valence-corrected chi connectivity index (χ3v) is 9.12. The van der Waals surface area contributed by atoms with E-state index in [2.05, 4.69) is 156 Å². The van der Waals surface area contributed by atoms with Gasteiger partial charge in [-0.15, -0.1) is 0 Å². The molecule has 47 heavy (non-hydrogen) atoms. The highest BCUT2D eigenvalue weighted by atomic mass is 16.5. The summed E-state index contributed by atoms with van der Waals surface area (Å²) in [6, 6.07) is 55.2. The van der Waals surface area contributed by atoms with Gasteiger partial charge in [0, 0.05) is 22.2 Å². The molecule has 2 unspecified atom stereocenters. The third-order valence-electron chi connectivity index (χ3n) is 9.12. The Kier molecular flexibility index (Phi) is 6.57. The molecule has 0 fully saturated rings. The number of amidine groups is 1. The van der Waals surface area contributed by atoms with Gasteiger partial charge in [-0.3, -0.25) is 4.99 Å². The quantitative estimate of drug-likeness (QED) is 0.192. The zero-order valence-electron chi connectivity index (χ0n) is 25.6. The summed E-state index contributed by atoms with van der Waals surface area (Å²) in [5.74, 6) is 1.73. The highest BCUT2D eigenvalue weighted by Gasteiger charge is 2.26. The third kappa shape index (κ3) is 5.01. The number of nitrogens with one attached hydrogen (secondary N) is 2. The van der Waals surface area contributed by atoms with Crippen LogP contribution in [-0.4, -0.2) is 5.84 Å². The van der Waals surface area contributed by atoms with Crippen LogP contribution in [-0.2, 0) is 0 Å². The molecule has 0 saturated carbocycles. The van der Waals surface area contributed by atoms with E-state index in [0.29, 0.717) is 0 Å². The van der Waals surface area contributed by atoms with Crippen molar-refractivity contribution < 1.29 is 4.74 Å². The molecule has 4 nitrogen and oxygen atoms in total. The maximum absolute atomic E-state index is 6.37. The normalized spacial score (nSPS) is 16.9. The van der Waals surface area contributed by atoms with Crippen LogP contribution < -0.4 is 15.4 Å². The molecular weight excluding hydrogens is 574 g/mol. The van der Waals surface area contributed by atoms with Gasteiger partial charge < -0.3 is 15.4 Å². The molecule has 0 bridgehead atoms. The van der Waals surface area contributed by atoms with Crippen LogP contribution in [0.25, 0.3) is 38.4 Å². The number of ether oxygens (including phenoxy) is 1. The van der Waals surface area contributed by atoms with Crippen molar-refractivity contribution in [1.29, 1.82) is 0 Å². The number of nitrogens with zero attached hydrogens (tertiary/aromatic N) is 1. The maximum atomic E-state index is 6.37. The van der Waals surface area contributed by atoms with E-state index in [1.165, 1.54) is 27.3 Å². The monoisotopic (exact) mass is 605 g/mol. The number of benzene rings is 7. The average Bonchev–Trinajstić information content (AvgIpc) is 3.60. The Hall–Kier alpha value is -6.13. The number of rotatable bonds is 5. The van der Waals surface area contributed by atoms with Gasteiger partial charge in [-0.1, -0.05) is 140 Å². The van der Waals surface area contributed by atoms with Gasteiger partial charge in [0.25, 0.3) is 0 Å². The number of anilines is 1. The van der Waals surface area contributed by atoms with Gasteiger partial charge in [0.1, 0.15) is 11.6 Å². The number of aliphatic imine (C=N–C) groups is 1. The van der Waals surface area contributed by atoms with Gasteiger partial charge in [0.15, 0.2) is 6.23 Å². The smallest absolute Gasteiger partial charge is 0.196 e. The molecule has 2 N–H and O–H groups in total. The van der Waals surface area contributed by atoms with Crippen molar-refractivity contribution in [3.8, 4) is 16.9 Å². The predicted octanol–water partition coefficient (Wildman–Crippen LogP) is 10.3. The second-order valence-corrected chi connectivity index (χ2v) is 12.1. The lowest BCUT2D eigenvalue weighted by molar-refractivity contribution is 0.260. The SMILES string of the molecule is C1=C(c2ccccc2)NC(c2ccc3c(ccc4ccc5c(c43)NC(c3ccccc3)O5)c2)=NC1c1cccc(-c2ccccc2)c1. The summed E-state index contributed by atoms with van der Waals surface area (Å²) in [6.07, 6.45) is 2.02. The van der Waals surface area contributed by atoms with Crippen molar-refractivity contribution in [2.45, 2.75) is 12.3 Å². The fraction of sp³-hybridized carbons (Fsp3) is 0.0465. The number of hydrogen-bond donors (Lipinski definition) is 2. The van der Waals surface area contributed by atoms with Crippen LogP contribution in [0.2, 0.25) is 0 Å². The van der Waals surface area contributed by atoms with Gasteiger partial charge >= 0.3 is 0 Å². The van der Waals surface area contributed by atoms with Gasteiger partial charge in [-0.25, -0.2) is 0 Å². The molecule has 0 spiro atoms. The molecule has 2 aliphatic heterocycles. The van der Waals surface area contributed by atoms with Crippen molar-refractivity contribution in [2.75, 3.05) is 5.32 Å². The van der Waals surface area contributed by atoms with Gasteiger partial charge in [0.05, 0.1) is 11.7 Å². The Morgan fingerprint density at radius 2 is 1.21 bits per heavy atom. The summed E-state index contributed by atoms with van der Waals surface area (Å²) in [7, 11) is 0. The Bertz CT molecular complexity index is 2330. The minimum Gasteiger partial charge on any atom is -0.464 e. The fourth-order valence-corrected chi connectivity index (χ4v) is 6.76. The molecular formula is C43H31N3O. The van der Waals surface area contributed by atoms with E-state index in [1.807, 2.05) is 18.2 Å². The van der Waals surface area contributed by atoms with E-state index >= 15 is 0 Å². The van der Waals surface area contributed by atoms with Gasteiger partial charge in [0.2, 0.25) is 0 Å². The molecule has 224 valence electrons. The second kappa shape index (κ2) is 11.3. The summed E-state index contributed by atoms with van der Waals surface area (Å²) in [5.41, 5.74) is 8.90. The zero-order chi connectivity index (χ0) is 31.2. The molecule has 0 saturated heterocycles. The van der Waals surface area contributed by atoms with Crippen LogP contribution in [0.1, 0.15) is 34.5 Å². The van der Waals surface area contributed by atoms with Crippen LogP contribution in [0, 0.1) is 0 Å². The van der Waals surface area contributed by atoms with Crippen molar-refractivity contribution in [3.05, 3.63) is 186 Å². The standard InChI is InChI=1S/C43H31N3O/c1-4-11-28(12-5-1)32-17-10-18-34(25-32)38-27-37(29-13-6-2-7-14-29)44-42(45-38)35-21-23-36-33(26-35)20-19-30-22-24-39-41(40(30)36)46-43(47-39)31-15-8-3-9-16-31/h1-27,38,43,46H,(H,44,45). The summed E-state index contributed by atoms with van der Waals surface area (Å²) in [5, 5.41) is 12.0. The summed E-state index contributed by atoms with van der Waals surface area (Å²) < 4.78 is 6.37. The van der Waals surface area contributed by atoms with E-state index in [0.717, 1.165) is 50.6 Å². The lowest BCUT2D eigenvalue weighted by Crippen LogP contribution is -2.27. The second-order valence-electron chi connectivity index (χ2n) is 12.1. The van der Waals surface area contributed by atoms with Crippen molar-refractivity contribution in [2.24, 2.45) is 4.99 Å². The van der Waals surface area contributed by atoms with E-state index in [4.69, 9.17) is 9.73 Å². The minimum absolute atomic E-state index is 0.142. The van der Waals surface area contributed by atoms with Crippen molar-refractivity contribution in [3.63, 3.8) is 0 Å². The largest absolute Gasteiger partial charge is 0.464 e. The molecule has 0 radical (unpaired) electrons. The molecule has 2 atom stereocenters. The molecule has 0 amide bonds. The molecule has 2 heterocycles. The lowest BCUT2D eigenvalue weighted by atomic mass is 9.96. The first-order valence-corrected chi connectivity index (χ1v) is 16.0.